The number of piperazine rings is 1. The van der Waals surface area contributed by atoms with Crippen LogP contribution in [0.15, 0.2) is 60.0 Å². The van der Waals surface area contributed by atoms with Crippen LogP contribution in [0.25, 0.3) is 0 Å². The Balaban J connectivity index is 1.23. The van der Waals surface area contributed by atoms with Gasteiger partial charge in [-0.1, -0.05) is 24.3 Å². The number of halogens is 1. The molecule has 2 atom stereocenters. The van der Waals surface area contributed by atoms with Crippen LogP contribution in [0.2, 0.25) is 0 Å². The van der Waals surface area contributed by atoms with E-state index in [-0.39, 0.29) is 36.3 Å². The molecule has 1 fully saturated rings. The van der Waals surface area contributed by atoms with Gasteiger partial charge in [0.15, 0.2) is 0 Å². The summed E-state index contributed by atoms with van der Waals surface area (Å²) < 4.78 is 19.3. The number of methoxy groups -OCH3 is 1. The molecule has 0 saturated carbocycles. The molecule has 2 aliphatic heterocycles. The van der Waals surface area contributed by atoms with Gasteiger partial charge in [-0.3, -0.25) is 14.5 Å². The van der Waals surface area contributed by atoms with Gasteiger partial charge in [0.05, 0.1) is 26.1 Å². The lowest BCUT2D eigenvalue weighted by molar-refractivity contribution is -0.143. The number of carbonyl (C=O) groups excluding carboxylic acids is 2. The van der Waals surface area contributed by atoms with E-state index in [0.29, 0.717) is 26.1 Å². The molecule has 0 N–H and O–H groups in total. The Morgan fingerprint density at radius 1 is 1.05 bits per heavy atom. The summed E-state index contributed by atoms with van der Waals surface area (Å²) in [6, 6.07) is 16.1. The minimum absolute atomic E-state index is 0.0502. The van der Waals surface area contributed by atoms with Crippen LogP contribution in [0.4, 0.5) is 4.39 Å². The van der Waals surface area contributed by atoms with Crippen LogP contribution in [0.1, 0.15) is 34.5 Å². The van der Waals surface area contributed by atoms with Crippen LogP contribution in [0.5, 0.6) is 5.75 Å². The fraction of sp³-hybridized carbons (Fsp3) is 0.379. The third-order valence-corrected chi connectivity index (χ3v) is 8.38. The minimum Gasteiger partial charge on any atom is -0.497 e. The number of carbonyl (C=O) groups is 2. The molecule has 1 saturated heterocycles. The standard InChI is InChI=1S/C29H32FN3O3S/c1-20-18-31(13-14-33(20)27(34)16-21-6-8-24(36-2)9-7-21)28(35)19-32-12-10-26-25(11-15-37-26)29(32)22-4-3-5-23(30)17-22/h3-9,11,15,17,20,29H,10,12-14,16,18-19H2,1-2H3/t20-,29+/m1/s1. The number of hydrogen-bond donors (Lipinski definition) is 0. The van der Waals surface area contributed by atoms with Gasteiger partial charge in [-0.25, -0.2) is 4.39 Å². The quantitative estimate of drug-likeness (QED) is 0.489. The van der Waals surface area contributed by atoms with Crippen molar-refractivity contribution in [3.05, 3.63) is 87.4 Å². The van der Waals surface area contributed by atoms with Gasteiger partial charge >= 0.3 is 0 Å². The van der Waals surface area contributed by atoms with Crippen LogP contribution in [-0.4, -0.2) is 72.4 Å². The average Bonchev–Trinajstić information content (AvgIpc) is 3.37. The number of rotatable bonds is 6. The van der Waals surface area contributed by atoms with Gasteiger partial charge < -0.3 is 14.5 Å². The third-order valence-electron chi connectivity index (χ3n) is 7.38. The summed E-state index contributed by atoms with van der Waals surface area (Å²) in [5, 5.41) is 2.08. The molecule has 0 unspecified atom stereocenters. The van der Waals surface area contributed by atoms with E-state index in [1.165, 1.54) is 10.9 Å². The second-order valence-electron chi connectivity index (χ2n) is 9.78. The number of nitrogens with zero attached hydrogens (tertiary/aromatic N) is 3. The minimum atomic E-state index is -0.268. The van der Waals surface area contributed by atoms with Crippen molar-refractivity contribution in [1.82, 2.24) is 14.7 Å². The van der Waals surface area contributed by atoms with Crippen LogP contribution in [0, 0.1) is 5.82 Å². The predicted molar refractivity (Wildman–Crippen MR) is 142 cm³/mol. The van der Waals surface area contributed by atoms with Crippen LogP contribution < -0.4 is 4.74 Å². The molecule has 2 amide bonds. The molecule has 1 aromatic heterocycles. The molecule has 2 aromatic carbocycles. The Morgan fingerprint density at radius 3 is 2.59 bits per heavy atom. The SMILES string of the molecule is COc1ccc(CC(=O)N2CCN(C(=O)CN3CCc4sccc4[C@@H]3c3cccc(F)c3)C[C@H]2C)cc1. The highest BCUT2D eigenvalue weighted by Crippen LogP contribution is 2.37. The topological polar surface area (TPSA) is 53.1 Å². The first kappa shape index (κ1) is 25.4. The van der Waals surface area contributed by atoms with Gasteiger partial charge in [0.1, 0.15) is 11.6 Å². The van der Waals surface area contributed by atoms with E-state index >= 15 is 0 Å². The van der Waals surface area contributed by atoms with E-state index in [9.17, 15) is 14.0 Å². The molecular weight excluding hydrogens is 489 g/mol. The maximum absolute atomic E-state index is 14.1. The van der Waals surface area contributed by atoms with Gasteiger partial charge in [-0.2, -0.15) is 0 Å². The second-order valence-corrected chi connectivity index (χ2v) is 10.8. The predicted octanol–water partition coefficient (Wildman–Crippen LogP) is 4.15. The Kier molecular flexibility index (Phi) is 7.58. The van der Waals surface area contributed by atoms with Crippen molar-refractivity contribution >= 4 is 23.2 Å². The largest absolute Gasteiger partial charge is 0.497 e. The van der Waals surface area contributed by atoms with Crippen molar-refractivity contribution in [2.45, 2.75) is 31.8 Å². The van der Waals surface area contributed by atoms with Gasteiger partial charge in [0.2, 0.25) is 11.8 Å². The first-order chi connectivity index (χ1) is 17.9. The maximum atomic E-state index is 14.1. The molecule has 194 valence electrons. The van der Waals surface area contributed by atoms with E-state index in [1.807, 2.05) is 47.1 Å². The van der Waals surface area contributed by atoms with E-state index in [1.54, 1.807) is 30.6 Å². The first-order valence-corrected chi connectivity index (χ1v) is 13.6. The summed E-state index contributed by atoms with van der Waals surface area (Å²) in [7, 11) is 1.62. The number of thiophene rings is 1. The van der Waals surface area contributed by atoms with E-state index in [4.69, 9.17) is 4.74 Å². The second kappa shape index (κ2) is 11.0. The van der Waals surface area contributed by atoms with Crippen LogP contribution in [0.3, 0.4) is 0 Å². The Hall–Kier alpha value is -3.23. The average molecular weight is 522 g/mol. The molecule has 3 heterocycles. The van der Waals surface area contributed by atoms with Crippen molar-refractivity contribution in [2.24, 2.45) is 0 Å². The highest BCUT2D eigenvalue weighted by molar-refractivity contribution is 7.10. The van der Waals surface area contributed by atoms with Crippen molar-refractivity contribution in [3.63, 3.8) is 0 Å². The number of ether oxygens (including phenoxy) is 1. The molecule has 0 aliphatic carbocycles. The molecule has 3 aromatic rings. The van der Waals surface area contributed by atoms with Crippen molar-refractivity contribution < 1.29 is 18.7 Å². The molecule has 0 spiro atoms. The van der Waals surface area contributed by atoms with Crippen LogP contribution >= 0.6 is 11.3 Å². The smallest absolute Gasteiger partial charge is 0.236 e. The number of amides is 2. The lowest BCUT2D eigenvalue weighted by Gasteiger charge is -2.42. The molecule has 0 bridgehead atoms. The monoisotopic (exact) mass is 521 g/mol. The number of hydrogen-bond acceptors (Lipinski definition) is 5. The zero-order valence-corrected chi connectivity index (χ0v) is 22.0. The Bertz CT molecular complexity index is 1260. The first-order valence-electron chi connectivity index (χ1n) is 12.7. The van der Waals surface area contributed by atoms with Crippen molar-refractivity contribution in [1.29, 1.82) is 0 Å². The van der Waals surface area contributed by atoms with E-state index in [0.717, 1.165) is 35.4 Å². The lowest BCUT2D eigenvalue weighted by Crippen LogP contribution is -2.57. The number of benzene rings is 2. The molecule has 0 radical (unpaired) electrons. The fourth-order valence-electron chi connectivity index (χ4n) is 5.45. The summed E-state index contributed by atoms with van der Waals surface area (Å²) in [5.41, 5.74) is 2.98. The van der Waals surface area contributed by atoms with Crippen LogP contribution in [-0.2, 0) is 22.4 Å². The third kappa shape index (κ3) is 5.55. The molecule has 8 heteroatoms. The number of fused-ring (bicyclic) bond motifs is 1. The Morgan fingerprint density at radius 2 is 1.86 bits per heavy atom. The molecule has 2 aliphatic rings. The summed E-state index contributed by atoms with van der Waals surface area (Å²) in [4.78, 5) is 33.6. The van der Waals surface area contributed by atoms with Crippen molar-refractivity contribution in [3.8, 4) is 5.75 Å². The van der Waals surface area contributed by atoms with Gasteiger partial charge in [-0.05, 0) is 65.7 Å². The maximum Gasteiger partial charge on any atom is 0.236 e. The summed E-state index contributed by atoms with van der Waals surface area (Å²) in [6.07, 6.45) is 1.21. The van der Waals surface area contributed by atoms with Gasteiger partial charge in [0.25, 0.3) is 0 Å². The van der Waals surface area contributed by atoms with Gasteiger partial charge in [-0.15, -0.1) is 11.3 Å². The highest BCUT2D eigenvalue weighted by atomic mass is 32.1. The zero-order valence-electron chi connectivity index (χ0n) is 21.2. The molecule has 37 heavy (non-hydrogen) atoms. The molecular formula is C29H32FN3O3S. The Labute approximate surface area is 221 Å². The van der Waals surface area contributed by atoms with Gasteiger partial charge in [0, 0.05) is 37.1 Å². The normalized spacial score (nSPS) is 20.0. The highest BCUT2D eigenvalue weighted by Gasteiger charge is 2.34. The molecule has 6 nitrogen and oxygen atoms in total. The van der Waals surface area contributed by atoms with E-state index < -0.39 is 0 Å². The lowest BCUT2D eigenvalue weighted by atomic mass is 9.93. The van der Waals surface area contributed by atoms with Crippen molar-refractivity contribution in [2.75, 3.05) is 39.8 Å². The van der Waals surface area contributed by atoms with E-state index in [2.05, 4.69) is 16.3 Å². The summed E-state index contributed by atoms with van der Waals surface area (Å²) >= 11 is 1.72. The fourth-order valence-corrected chi connectivity index (χ4v) is 6.36. The molecule has 5 rings (SSSR count). The summed E-state index contributed by atoms with van der Waals surface area (Å²) in [6.45, 7) is 4.55. The summed E-state index contributed by atoms with van der Waals surface area (Å²) in [5.74, 6) is 0.613. The zero-order chi connectivity index (χ0) is 25.9.